The summed E-state index contributed by atoms with van der Waals surface area (Å²) in [6.07, 6.45) is 1.75. The molecule has 0 aliphatic rings. The van der Waals surface area contributed by atoms with Crippen LogP contribution >= 0.6 is 28.5 Å². The SMILES string of the molecule is C=CCSP(=O)(OCC)SC(C)C. The second-order valence-corrected chi connectivity index (χ2v) is 10.5. The van der Waals surface area contributed by atoms with Crippen molar-refractivity contribution in [2.45, 2.75) is 26.0 Å². The van der Waals surface area contributed by atoms with Crippen molar-refractivity contribution in [3.63, 3.8) is 0 Å². The summed E-state index contributed by atoms with van der Waals surface area (Å²) in [5.41, 5.74) is 0. The van der Waals surface area contributed by atoms with Gasteiger partial charge >= 0.3 is 5.77 Å². The van der Waals surface area contributed by atoms with Gasteiger partial charge in [0.15, 0.2) is 0 Å². The van der Waals surface area contributed by atoms with E-state index in [-0.39, 0.29) is 0 Å². The first-order valence-electron chi connectivity index (χ1n) is 4.22. The Kier molecular flexibility index (Phi) is 7.33. The van der Waals surface area contributed by atoms with Gasteiger partial charge in [-0.3, -0.25) is 4.57 Å². The molecule has 0 aromatic rings. The van der Waals surface area contributed by atoms with Gasteiger partial charge in [-0.15, -0.1) is 6.58 Å². The quantitative estimate of drug-likeness (QED) is 0.492. The summed E-state index contributed by atoms with van der Waals surface area (Å²) in [5, 5.41) is 0.328. The third-order valence-electron chi connectivity index (χ3n) is 0.978. The van der Waals surface area contributed by atoms with E-state index in [0.29, 0.717) is 17.6 Å². The Morgan fingerprint density at radius 1 is 1.62 bits per heavy atom. The van der Waals surface area contributed by atoms with Gasteiger partial charge in [-0.05, 0) is 6.92 Å². The van der Waals surface area contributed by atoms with Crippen LogP contribution < -0.4 is 0 Å². The fourth-order valence-electron chi connectivity index (χ4n) is 0.658. The largest absolute Gasteiger partial charge is 0.314 e. The van der Waals surface area contributed by atoms with E-state index in [1.54, 1.807) is 6.08 Å². The molecule has 0 saturated carbocycles. The van der Waals surface area contributed by atoms with Gasteiger partial charge in [-0.2, -0.15) is 0 Å². The minimum absolute atomic E-state index is 0.328. The lowest BCUT2D eigenvalue weighted by Gasteiger charge is -2.17. The highest BCUT2D eigenvalue weighted by molar-refractivity contribution is 8.89. The fraction of sp³-hybridized carbons (Fsp3) is 0.750. The third-order valence-corrected chi connectivity index (χ3v) is 8.72. The van der Waals surface area contributed by atoms with Crippen molar-refractivity contribution in [3.8, 4) is 0 Å². The Balaban J connectivity index is 4.15. The Labute approximate surface area is 88.8 Å². The lowest BCUT2D eigenvalue weighted by atomic mass is 10.6. The van der Waals surface area contributed by atoms with Crippen LogP contribution in [0.3, 0.4) is 0 Å². The smallest absolute Gasteiger partial charge is 0.313 e. The van der Waals surface area contributed by atoms with Crippen LogP contribution in [0.1, 0.15) is 20.8 Å². The van der Waals surface area contributed by atoms with Crippen LogP contribution in [0.4, 0.5) is 0 Å². The van der Waals surface area contributed by atoms with E-state index >= 15 is 0 Å². The van der Waals surface area contributed by atoms with Crippen LogP contribution in [0.15, 0.2) is 12.7 Å². The van der Waals surface area contributed by atoms with E-state index < -0.39 is 5.77 Å². The lowest BCUT2D eigenvalue weighted by molar-refractivity contribution is 0.357. The van der Waals surface area contributed by atoms with Crippen molar-refractivity contribution in [1.29, 1.82) is 0 Å². The molecule has 78 valence electrons. The maximum absolute atomic E-state index is 12.0. The molecule has 0 N–H and O–H groups in total. The molecule has 0 aliphatic carbocycles. The lowest BCUT2D eigenvalue weighted by Crippen LogP contribution is -1.90. The number of hydrogen-bond acceptors (Lipinski definition) is 4. The molecule has 5 heteroatoms. The zero-order valence-electron chi connectivity index (χ0n) is 8.36. The molecule has 0 spiro atoms. The molecule has 0 heterocycles. The molecule has 0 bridgehead atoms. The standard InChI is InChI=1S/C8H17O2PS2/c1-5-7-12-11(9,10-6-2)13-8(3)4/h5,8H,1,6-7H2,2-4H3. The van der Waals surface area contributed by atoms with Crippen LogP contribution in [0, 0.1) is 0 Å². The topological polar surface area (TPSA) is 26.3 Å². The predicted octanol–water partition coefficient (Wildman–Crippen LogP) is 4.19. The summed E-state index contributed by atoms with van der Waals surface area (Å²) in [5.74, 6) is -1.85. The maximum atomic E-state index is 12.0. The van der Waals surface area contributed by atoms with Gasteiger partial charge in [-0.25, -0.2) is 0 Å². The van der Waals surface area contributed by atoms with Crippen LogP contribution in [-0.4, -0.2) is 17.6 Å². The second-order valence-electron chi connectivity index (χ2n) is 2.60. The Morgan fingerprint density at radius 2 is 2.23 bits per heavy atom. The average molecular weight is 240 g/mol. The van der Waals surface area contributed by atoms with Crippen molar-refractivity contribution in [2.75, 3.05) is 12.4 Å². The van der Waals surface area contributed by atoms with Gasteiger partial charge in [0.2, 0.25) is 0 Å². The van der Waals surface area contributed by atoms with Crippen LogP contribution in [0.25, 0.3) is 0 Å². The van der Waals surface area contributed by atoms with Crippen molar-refractivity contribution >= 4 is 28.5 Å². The van der Waals surface area contributed by atoms with Crippen LogP contribution in [0.5, 0.6) is 0 Å². The third kappa shape index (κ3) is 6.67. The Bertz CT molecular complexity index is 195. The number of hydrogen-bond donors (Lipinski definition) is 0. The van der Waals surface area contributed by atoms with Gasteiger partial charge in [0, 0.05) is 11.0 Å². The molecule has 0 amide bonds. The van der Waals surface area contributed by atoms with Crippen molar-refractivity contribution in [3.05, 3.63) is 12.7 Å². The first-order chi connectivity index (χ1) is 6.04. The van der Waals surface area contributed by atoms with Gasteiger partial charge in [0.1, 0.15) is 0 Å². The Hall–Kier alpha value is 0.630. The first-order valence-corrected chi connectivity index (χ1v) is 8.92. The molecule has 0 aromatic heterocycles. The van der Waals surface area contributed by atoms with Crippen LogP contribution in [-0.2, 0) is 9.09 Å². The van der Waals surface area contributed by atoms with E-state index in [1.165, 1.54) is 22.8 Å². The molecule has 0 saturated heterocycles. The molecule has 1 atom stereocenters. The summed E-state index contributed by atoms with van der Waals surface area (Å²) in [6, 6.07) is 0. The van der Waals surface area contributed by atoms with E-state index in [0.717, 1.165) is 0 Å². The summed E-state index contributed by atoms with van der Waals surface area (Å²) in [4.78, 5) is 0. The molecule has 13 heavy (non-hydrogen) atoms. The first kappa shape index (κ1) is 13.6. The average Bonchev–Trinajstić information content (AvgIpc) is 2.00. The second kappa shape index (κ2) is 6.99. The predicted molar refractivity (Wildman–Crippen MR) is 64.6 cm³/mol. The van der Waals surface area contributed by atoms with Gasteiger partial charge in [0.05, 0.1) is 6.61 Å². The zero-order valence-corrected chi connectivity index (χ0v) is 10.9. The molecular formula is C8H17O2PS2. The van der Waals surface area contributed by atoms with E-state index in [4.69, 9.17) is 4.52 Å². The fourth-order valence-corrected chi connectivity index (χ4v) is 8.25. The van der Waals surface area contributed by atoms with Gasteiger partial charge in [0.25, 0.3) is 0 Å². The van der Waals surface area contributed by atoms with Crippen molar-refractivity contribution < 1.29 is 9.09 Å². The molecule has 2 nitrogen and oxygen atoms in total. The minimum Gasteiger partial charge on any atom is -0.314 e. The molecule has 0 fully saturated rings. The number of rotatable bonds is 7. The highest BCUT2D eigenvalue weighted by Gasteiger charge is 2.25. The zero-order chi connectivity index (χ0) is 10.3. The Morgan fingerprint density at radius 3 is 2.62 bits per heavy atom. The monoisotopic (exact) mass is 240 g/mol. The minimum atomic E-state index is -2.53. The maximum Gasteiger partial charge on any atom is 0.313 e. The molecule has 0 rings (SSSR count). The summed E-state index contributed by atoms with van der Waals surface area (Å²) in [7, 11) is 0. The van der Waals surface area contributed by atoms with Crippen molar-refractivity contribution in [1.82, 2.24) is 0 Å². The summed E-state index contributed by atoms with van der Waals surface area (Å²) < 4.78 is 17.3. The normalized spacial score (nSPS) is 15.7. The molecule has 1 unspecified atom stereocenters. The molecule has 0 aliphatic heterocycles. The summed E-state index contributed by atoms with van der Waals surface area (Å²) in [6.45, 7) is 10.00. The van der Waals surface area contributed by atoms with E-state index in [9.17, 15) is 4.57 Å². The summed E-state index contributed by atoms with van der Waals surface area (Å²) >= 11 is 2.77. The highest BCUT2D eigenvalue weighted by atomic mass is 33.1. The highest BCUT2D eigenvalue weighted by Crippen LogP contribution is 2.70. The van der Waals surface area contributed by atoms with E-state index in [2.05, 4.69) is 6.58 Å². The van der Waals surface area contributed by atoms with Crippen molar-refractivity contribution in [2.24, 2.45) is 0 Å². The molecule has 0 aromatic carbocycles. The van der Waals surface area contributed by atoms with Gasteiger partial charge < -0.3 is 4.52 Å². The van der Waals surface area contributed by atoms with Gasteiger partial charge in [-0.1, -0.05) is 42.7 Å². The molecular weight excluding hydrogens is 223 g/mol. The van der Waals surface area contributed by atoms with E-state index in [1.807, 2.05) is 20.8 Å². The molecule has 0 radical (unpaired) electrons. The van der Waals surface area contributed by atoms with Crippen LogP contribution in [0.2, 0.25) is 0 Å².